The number of ketones is 1. The number of nitrogens with one attached hydrogen (secondary N) is 1. The number of methoxy groups -OCH3 is 3. The Kier molecular flexibility index (Phi) is 6.44. The van der Waals surface area contributed by atoms with Gasteiger partial charge in [-0.2, -0.15) is 0 Å². The molecule has 0 radical (unpaired) electrons. The van der Waals surface area contributed by atoms with Gasteiger partial charge in [0.1, 0.15) is 5.78 Å². The fraction of sp³-hybridized carbons (Fsp3) is 0.375. The van der Waals surface area contributed by atoms with E-state index in [-0.39, 0.29) is 18.0 Å². The van der Waals surface area contributed by atoms with Crippen molar-refractivity contribution in [1.82, 2.24) is 0 Å². The average molecular weight is 307 g/mol. The Hall–Kier alpha value is -2.50. The molecule has 0 fully saturated rings. The summed E-state index contributed by atoms with van der Waals surface area (Å²) >= 11 is 0. The number of ether oxygens (including phenoxy) is 3. The Balaban J connectivity index is 3.22. The summed E-state index contributed by atoms with van der Waals surface area (Å²) in [5, 5.41) is 2.67. The molecule has 0 aliphatic heterocycles. The zero-order chi connectivity index (χ0) is 16.7. The van der Waals surface area contributed by atoms with Crippen LogP contribution in [-0.2, 0) is 20.7 Å². The van der Waals surface area contributed by atoms with Crippen molar-refractivity contribution in [2.75, 3.05) is 26.6 Å². The van der Waals surface area contributed by atoms with Crippen LogP contribution in [0.2, 0.25) is 0 Å². The van der Waals surface area contributed by atoms with Crippen molar-refractivity contribution in [1.29, 1.82) is 0 Å². The van der Waals surface area contributed by atoms with Crippen molar-refractivity contribution in [3.05, 3.63) is 30.0 Å². The quantitative estimate of drug-likeness (QED) is 0.589. The van der Waals surface area contributed by atoms with E-state index in [9.17, 15) is 9.59 Å². The number of Topliss-reactive ketones (excluding diaryl/α,β-unsaturated/α-hetero) is 1. The first kappa shape index (κ1) is 17.6. The Morgan fingerprint density at radius 1 is 1.14 bits per heavy atom. The standard InChI is InChI=1S/C16H21NO5/c1-6-12(18)7-11-8-14(21-4)15(22-5)9-13(11)17-16(19)10(2)20-3/h8-9H,2,6-7H2,1,3-5H3,(H,17,19). The van der Waals surface area contributed by atoms with Gasteiger partial charge in [0.05, 0.1) is 21.3 Å². The van der Waals surface area contributed by atoms with E-state index in [1.807, 2.05) is 0 Å². The summed E-state index contributed by atoms with van der Waals surface area (Å²) in [6.45, 7) is 5.28. The molecule has 0 aliphatic carbocycles. The summed E-state index contributed by atoms with van der Waals surface area (Å²) in [5.74, 6) is 0.481. The topological polar surface area (TPSA) is 73.9 Å². The van der Waals surface area contributed by atoms with E-state index in [4.69, 9.17) is 14.2 Å². The van der Waals surface area contributed by atoms with Gasteiger partial charge < -0.3 is 19.5 Å². The molecule has 22 heavy (non-hydrogen) atoms. The summed E-state index contributed by atoms with van der Waals surface area (Å²) < 4.78 is 15.2. The normalized spacial score (nSPS) is 9.82. The van der Waals surface area contributed by atoms with Gasteiger partial charge in [-0.3, -0.25) is 9.59 Å². The van der Waals surface area contributed by atoms with Crippen molar-refractivity contribution in [2.45, 2.75) is 19.8 Å². The van der Waals surface area contributed by atoms with Crippen molar-refractivity contribution < 1.29 is 23.8 Å². The van der Waals surface area contributed by atoms with Crippen LogP contribution in [0, 0.1) is 0 Å². The maximum absolute atomic E-state index is 11.9. The Labute approximate surface area is 130 Å². The largest absolute Gasteiger partial charge is 0.493 e. The second-order valence-corrected chi connectivity index (χ2v) is 4.51. The molecular formula is C16H21NO5. The van der Waals surface area contributed by atoms with E-state index in [2.05, 4.69) is 11.9 Å². The fourth-order valence-electron chi connectivity index (χ4n) is 1.81. The Morgan fingerprint density at radius 3 is 2.23 bits per heavy atom. The van der Waals surface area contributed by atoms with Crippen molar-refractivity contribution in [2.24, 2.45) is 0 Å². The van der Waals surface area contributed by atoms with Gasteiger partial charge in [0, 0.05) is 24.6 Å². The highest BCUT2D eigenvalue weighted by atomic mass is 16.5. The summed E-state index contributed by atoms with van der Waals surface area (Å²) in [5.41, 5.74) is 1.10. The zero-order valence-corrected chi connectivity index (χ0v) is 13.3. The number of carbonyl (C=O) groups is 2. The first-order chi connectivity index (χ1) is 10.5. The van der Waals surface area contributed by atoms with E-state index in [1.54, 1.807) is 19.1 Å². The number of hydrogen-bond acceptors (Lipinski definition) is 5. The second kappa shape index (κ2) is 8.07. The molecule has 6 heteroatoms. The maximum atomic E-state index is 11.9. The minimum absolute atomic E-state index is 0.0254. The van der Waals surface area contributed by atoms with Crippen LogP contribution in [-0.4, -0.2) is 33.0 Å². The van der Waals surface area contributed by atoms with Crippen LogP contribution in [0.15, 0.2) is 24.5 Å². The van der Waals surface area contributed by atoms with E-state index in [0.717, 1.165) is 0 Å². The summed E-state index contributed by atoms with van der Waals surface area (Å²) in [6.07, 6.45) is 0.596. The third kappa shape index (κ3) is 4.25. The minimum Gasteiger partial charge on any atom is -0.493 e. The number of anilines is 1. The SMILES string of the molecule is C=C(OC)C(=O)Nc1cc(OC)c(OC)cc1CC(=O)CC. The molecule has 1 amide bonds. The van der Waals surface area contributed by atoms with Crippen LogP contribution in [0.3, 0.4) is 0 Å². The van der Waals surface area contributed by atoms with Gasteiger partial charge in [0.15, 0.2) is 17.3 Å². The molecular weight excluding hydrogens is 286 g/mol. The van der Waals surface area contributed by atoms with E-state index < -0.39 is 5.91 Å². The van der Waals surface area contributed by atoms with Gasteiger partial charge in [0.2, 0.25) is 0 Å². The average Bonchev–Trinajstić information content (AvgIpc) is 2.54. The molecule has 1 rings (SSSR count). The highest BCUT2D eigenvalue weighted by Gasteiger charge is 2.16. The molecule has 0 unspecified atom stereocenters. The summed E-state index contributed by atoms with van der Waals surface area (Å²) in [7, 11) is 4.36. The van der Waals surface area contributed by atoms with Gasteiger partial charge in [0.25, 0.3) is 5.91 Å². The molecule has 0 aliphatic rings. The minimum atomic E-state index is -0.486. The van der Waals surface area contributed by atoms with Crippen LogP contribution in [0.1, 0.15) is 18.9 Å². The number of rotatable bonds is 8. The zero-order valence-electron chi connectivity index (χ0n) is 13.3. The molecule has 0 saturated heterocycles. The lowest BCUT2D eigenvalue weighted by atomic mass is 10.0. The first-order valence-corrected chi connectivity index (χ1v) is 6.77. The van der Waals surface area contributed by atoms with Crippen LogP contribution in [0.25, 0.3) is 0 Å². The van der Waals surface area contributed by atoms with Gasteiger partial charge in [-0.25, -0.2) is 0 Å². The molecule has 6 nitrogen and oxygen atoms in total. The lowest BCUT2D eigenvalue weighted by Crippen LogP contribution is -2.17. The highest BCUT2D eigenvalue weighted by Crippen LogP contribution is 2.34. The van der Waals surface area contributed by atoms with Crippen LogP contribution >= 0.6 is 0 Å². The maximum Gasteiger partial charge on any atom is 0.290 e. The number of benzene rings is 1. The molecule has 0 atom stereocenters. The molecule has 0 bridgehead atoms. The molecule has 0 saturated carbocycles. The van der Waals surface area contributed by atoms with Gasteiger partial charge >= 0.3 is 0 Å². The monoisotopic (exact) mass is 307 g/mol. The molecule has 1 aromatic carbocycles. The number of carbonyl (C=O) groups excluding carboxylic acids is 2. The Bertz CT molecular complexity index is 580. The predicted octanol–water partition coefficient (Wildman–Crippen LogP) is 2.32. The second-order valence-electron chi connectivity index (χ2n) is 4.51. The fourth-order valence-corrected chi connectivity index (χ4v) is 1.81. The van der Waals surface area contributed by atoms with E-state index >= 15 is 0 Å². The van der Waals surface area contributed by atoms with Gasteiger partial charge in [-0.1, -0.05) is 13.5 Å². The molecule has 1 aromatic rings. The van der Waals surface area contributed by atoms with E-state index in [1.165, 1.54) is 21.3 Å². The predicted molar refractivity (Wildman–Crippen MR) is 83.3 cm³/mol. The smallest absolute Gasteiger partial charge is 0.290 e. The first-order valence-electron chi connectivity index (χ1n) is 6.77. The van der Waals surface area contributed by atoms with Gasteiger partial charge in [-0.15, -0.1) is 0 Å². The molecule has 120 valence electrons. The number of hydrogen-bond donors (Lipinski definition) is 1. The van der Waals surface area contributed by atoms with Gasteiger partial charge in [-0.05, 0) is 11.6 Å². The van der Waals surface area contributed by atoms with Crippen molar-refractivity contribution in [3.8, 4) is 11.5 Å². The molecule has 0 heterocycles. The lowest BCUT2D eigenvalue weighted by Gasteiger charge is -2.15. The van der Waals surface area contributed by atoms with E-state index in [0.29, 0.717) is 29.2 Å². The van der Waals surface area contributed by atoms with Crippen LogP contribution in [0.5, 0.6) is 11.5 Å². The third-order valence-corrected chi connectivity index (χ3v) is 3.14. The molecule has 1 N–H and O–H groups in total. The summed E-state index contributed by atoms with van der Waals surface area (Å²) in [4.78, 5) is 23.6. The van der Waals surface area contributed by atoms with Crippen LogP contribution in [0.4, 0.5) is 5.69 Å². The molecule has 0 spiro atoms. The Morgan fingerprint density at radius 2 is 1.73 bits per heavy atom. The molecule has 0 aromatic heterocycles. The van der Waals surface area contributed by atoms with Crippen LogP contribution < -0.4 is 14.8 Å². The lowest BCUT2D eigenvalue weighted by molar-refractivity contribution is -0.118. The van der Waals surface area contributed by atoms with Crippen molar-refractivity contribution >= 4 is 17.4 Å². The third-order valence-electron chi connectivity index (χ3n) is 3.14. The number of amides is 1. The van der Waals surface area contributed by atoms with Crippen molar-refractivity contribution in [3.63, 3.8) is 0 Å². The summed E-state index contributed by atoms with van der Waals surface area (Å²) in [6, 6.07) is 3.29. The highest BCUT2D eigenvalue weighted by molar-refractivity contribution is 6.02.